The number of anilines is 1. The van der Waals surface area contributed by atoms with Crippen molar-refractivity contribution in [1.82, 2.24) is 39.1 Å². The molecule has 0 unspecified atom stereocenters. The quantitative estimate of drug-likeness (QED) is 0.199. The van der Waals surface area contributed by atoms with Gasteiger partial charge in [-0.1, -0.05) is 28.9 Å². The van der Waals surface area contributed by atoms with Crippen molar-refractivity contribution in [2.75, 3.05) is 12.4 Å². The Hall–Kier alpha value is -5.43. The topological polar surface area (TPSA) is 132 Å². The molecule has 260 valence electrons. The average molecular weight is 708 g/mol. The molecule has 14 heteroatoms. The molecule has 2 aliphatic carbocycles. The smallest absolute Gasteiger partial charge is 0.261 e. The second-order valence-corrected chi connectivity index (χ2v) is 14.0. The Morgan fingerprint density at radius 2 is 1.69 bits per heavy atom. The van der Waals surface area contributed by atoms with E-state index in [-0.39, 0.29) is 45.9 Å². The first-order valence-corrected chi connectivity index (χ1v) is 17.4. The summed E-state index contributed by atoms with van der Waals surface area (Å²) in [6.45, 7) is 3.80. The fourth-order valence-corrected chi connectivity index (χ4v) is 7.32. The van der Waals surface area contributed by atoms with Gasteiger partial charge >= 0.3 is 0 Å². The van der Waals surface area contributed by atoms with E-state index in [1.54, 1.807) is 22.7 Å². The molecule has 0 saturated heterocycles. The van der Waals surface area contributed by atoms with Crippen molar-refractivity contribution in [3.05, 3.63) is 105 Å². The van der Waals surface area contributed by atoms with Crippen molar-refractivity contribution in [2.45, 2.75) is 70.5 Å². The number of benzene rings is 2. The Kier molecular flexibility index (Phi) is 8.17. The predicted molar refractivity (Wildman–Crippen MR) is 191 cm³/mol. The highest BCUT2D eigenvalue weighted by Gasteiger charge is 2.32. The molecule has 2 aliphatic rings. The van der Waals surface area contributed by atoms with Gasteiger partial charge in [0.2, 0.25) is 5.43 Å². The number of carbonyl (C=O) groups is 2. The molecule has 2 aromatic carbocycles. The van der Waals surface area contributed by atoms with Gasteiger partial charge < -0.3 is 14.8 Å². The number of carbonyl (C=O) groups excluding carboxylic acids is 2. The summed E-state index contributed by atoms with van der Waals surface area (Å²) in [5, 5.41) is 16.2. The van der Waals surface area contributed by atoms with Gasteiger partial charge in [0.1, 0.15) is 22.6 Å². The van der Waals surface area contributed by atoms with Crippen molar-refractivity contribution in [2.24, 2.45) is 0 Å². The Balaban J connectivity index is 0.913. The standard InChI is InChI=1S/C37H35ClFN9O3/c1-20-14-21(2)48-35(41-20)28(17-40-48)36(50)42-23-6-4-22(5-7-23)32-19-47(44-43-32)26-12-8-24(9-13-26)45(3)37(51)29-18-46(25-10-11-25)33-16-30(38)31(39)15-27(33)34(29)49/h4-7,14-19,24-26H,8-13H2,1-3H3,(H,42,50). The molecule has 0 spiro atoms. The third kappa shape index (κ3) is 6.05. The van der Waals surface area contributed by atoms with Crippen LogP contribution in [-0.4, -0.2) is 64.0 Å². The minimum Gasteiger partial charge on any atom is -0.343 e. The third-order valence-electron chi connectivity index (χ3n) is 10.1. The van der Waals surface area contributed by atoms with Crippen LogP contribution in [0.3, 0.4) is 0 Å². The Morgan fingerprint density at radius 3 is 2.41 bits per heavy atom. The highest BCUT2D eigenvalue weighted by atomic mass is 35.5. The number of nitrogens with one attached hydrogen (secondary N) is 1. The molecule has 0 bridgehead atoms. The number of pyridine rings is 1. The maximum absolute atomic E-state index is 14.4. The van der Waals surface area contributed by atoms with E-state index in [0.717, 1.165) is 61.5 Å². The van der Waals surface area contributed by atoms with Crippen LogP contribution in [0.25, 0.3) is 27.8 Å². The molecule has 8 rings (SSSR count). The van der Waals surface area contributed by atoms with Gasteiger partial charge in [0.05, 0.1) is 29.0 Å². The van der Waals surface area contributed by atoms with Crippen LogP contribution in [0.4, 0.5) is 10.1 Å². The molecule has 2 saturated carbocycles. The summed E-state index contributed by atoms with van der Waals surface area (Å²) in [7, 11) is 1.73. The zero-order chi connectivity index (χ0) is 35.6. The van der Waals surface area contributed by atoms with Crippen molar-refractivity contribution >= 4 is 45.7 Å². The Labute approximate surface area is 296 Å². The highest BCUT2D eigenvalue weighted by Crippen LogP contribution is 2.38. The van der Waals surface area contributed by atoms with Crippen molar-refractivity contribution < 1.29 is 14.0 Å². The average Bonchev–Trinajstić information content (AvgIpc) is 3.68. The number of rotatable bonds is 7. The summed E-state index contributed by atoms with van der Waals surface area (Å²) in [5.41, 5.74) is 4.92. The second-order valence-electron chi connectivity index (χ2n) is 13.6. The summed E-state index contributed by atoms with van der Waals surface area (Å²) < 4.78 is 19.8. The number of halogens is 2. The third-order valence-corrected chi connectivity index (χ3v) is 10.4. The molecule has 4 heterocycles. The molecule has 1 N–H and O–H groups in total. The van der Waals surface area contributed by atoms with Crippen LogP contribution < -0.4 is 10.7 Å². The van der Waals surface area contributed by atoms with Crippen LogP contribution in [0.2, 0.25) is 5.02 Å². The zero-order valence-electron chi connectivity index (χ0n) is 28.3. The molecule has 0 atom stereocenters. The Bertz CT molecular complexity index is 2410. The molecule has 51 heavy (non-hydrogen) atoms. The lowest BCUT2D eigenvalue weighted by Crippen LogP contribution is -2.41. The van der Waals surface area contributed by atoms with E-state index in [4.69, 9.17) is 11.6 Å². The molecule has 0 aliphatic heterocycles. The van der Waals surface area contributed by atoms with Crippen LogP contribution in [0, 0.1) is 19.7 Å². The largest absolute Gasteiger partial charge is 0.343 e. The molecule has 0 radical (unpaired) electrons. The number of aromatic nitrogens is 7. The Morgan fingerprint density at radius 1 is 0.961 bits per heavy atom. The van der Waals surface area contributed by atoms with Gasteiger partial charge in [-0.2, -0.15) is 5.10 Å². The van der Waals surface area contributed by atoms with E-state index in [0.29, 0.717) is 28.1 Å². The lowest BCUT2D eigenvalue weighted by molar-refractivity contribution is 0.0673. The summed E-state index contributed by atoms with van der Waals surface area (Å²) in [5.74, 6) is -1.34. The van der Waals surface area contributed by atoms with E-state index < -0.39 is 11.2 Å². The maximum Gasteiger partial charge on any atom is 0.261 e. The van der Waals surface area contributed by atoms with Crippen LogP contribution in [0.15, 0.2) is 65.8 Å². The molecular formula is C37H35ClFN9O3. The lowest BCUT2D eigenvalue weighted by atomic mass is 9.90. The zero-order valence-corrected chi connectivity index (χ0v) is 29.1. The summed E-state index contributed by atoms with van der Waals surface area (Å²) in [6.07, 6.45) is 9.94. The van der Waals surface area contributed by atoms with E-state index in [9.17, 15) is 18.8 Å². The minimum atomic E-state index is -0.680. The SMILES string of the molecule is Cc1cc(C)n2ncc(C(=O)Nc3ccc(-c4cn(C5CCC(N(C)C(=O)c6cn(C7CC7)c7cc(Cl)c(F)cc7c6=O)CC5)nn4)cc3)c2n1. The van der Waals surface area contributed by atoms with Crippen LogP contribution in [0.5, 0.6) is 0 Å². The minimum absolute atomic E-state index is 0.0462. The molecule has 2 fully saturated rings. The van der Waals surface area contributed by atoms with Crippen LogP contribution in [-0.2, 0) is 0 Å². The number of fused-ring (bicyclic) bond motifs is 2. The molecule has 12 nitrogen and oxygen atoms in total. The van der Waals surface area contributed by atoms with Crippen molar-refractivity contribution in [1.29, 1.82) is 0 Å². The van der Waals surface area contributed by atoms with E-state index in [1.807, 2.05) is 59.6 Å². The number of nitrogens with zero attached hydrogens (tertiary/aromatic N) is 8. The van der Waals surface area contributed by atoms with E-state index in [1.165, 1.54) is 12.3 Å². The second kappa shape index (κ2) is 12.7. The summed E-state index contributed by atoms with van der Waals surface area (Å²) in [6, 6.07) is 12.1. The van der Waals surface area contributed by atoms with E-state index in [2.05, 4.69) is 25.7 Å². The fraction of sp³-hybridized carbons (Fsp3) is 0.324. The number of hydrogen-bond acceptors (Lipinski definition) is 7. The maximum atomic E-state index is 14.4. The number of amides is 2. The summed E-state index contributed by atoms with van der Waals surface area (Å²) in [4.78, 5) is 46.4. The van der Waals surface area contributed by atoms with Gasteiger partial charge in [-0.3, -0.25) is 14.4 Å². The first kappa shape index (κ1) is 32.8. The number of hydrogen-bond donors (Lipinski definition) is 1. The van der Waals surface area contributed by atoms with Gasteiger partial charge in [-0.15, -0.1) is 5.10 Å². The highest BCUT2D eigenvalue weighted by molar-refractivity contribution is 6.31. The van der Waals surface area contributed by atoms with Crippen LogP contribution >= 0.6 is 11.6 Å². The van der Waals surface area contributed by atoms with Gasteiger partial charge in [-0.25, -0.2) is 18.6 Å². The number of aryl methyl sites for hydroxylation is 2. The van der Waals surface area contributed by atoms with Crippen molar-refractivity contribution in [3.63, 3.8) is 0 Å². The molecule has 4 aromatic heterocycles. The normalized spacial score (nSPS) is 17.6. The van der Waals surface area contributed by atoms with Gasteiger partial charge in [-0.05, 0) is 82.7 Å². The molecule has 2 amide bonds. The van der Waals surface area contributed by atoms with Crippen LogP contribution in [0.1, 0.15) is 82.7 Å². The van der Waals surface area contributed by atoms with Gasteiger partial charge in [0, 0.05) is 53.4 Å². The lowest BCUT2D eigenvalue weighted by Gasteiger charge is -2.34. The van der Waals surface area contributed by atoms with E-state index >= 15 is 0 Å². The fourth-order valence-electron chi connectivity index (χ4n) is 7.16. The van der Waals surface area contributed by atoms with Gasteiger partial charge in [0.25, 0.3) is 11.8 Å². The molecular weight excluding hydrogens is 673 g/mol. The monoisotopic (exact) mass is 707 g/mol. The van der Waals surface area contributed by atoms with Crippen molar-refractivity contribution in [3.8, 4) is 11.3 Å². The van der Waals surface area contributed by atoms with Gasteiger partial charge in [0.15, 0.2) is 5.65 Å². The predicted octanol–water partition coefficient (Wildman–Crippen LogP) is 6.56. The molecule has 6 aromatic rings. The summed E-state index contributed by atoms with van der Waals surface area (Å²) >= 11 is 6.04. The first-order chi connectivity index (χ1) is 24.5. The first-order valence-electron chi connectivity index (χ1n) is 17.0.